The number of fused-ring (bicyclic) bond motifs is 1. The number of hydrogen-bond donors (Lipinski definition) is 1. The molecule has 4 aromatic rings. The van der Waals surface area contributed by atoms with Crippen molar-refractivity contribution in [2.45, 2.75) is 13.1 Å². The molecule has 4 rings (SSSR count). The summed E-state index contributed by atoms with van der Waals surface area (Å²) in [6, 6.07) is 10.1. The minimum absolute atomic E-state index is 0.265. The zero-order valence-electron chi connectivity index (χ0n) is 16.0. The van der Waals surface area contributed by atoms with Crippen LogP contribution in [0.25, 0.3) is 33.4 Å². The fraction of sp³-hybridized carbons (Fsp3) is 0.136. The predicted octanol–water partition coefficient (Wildman–Crippen LogP) is 5.87. The van der Waals surface area contributed by atoms with E-state index in [-0.39, 0.29) is 5.56 Å². The van der Waals surface area contributed by atoms with Crippen molar-refractivity contribution in [3.63, 3.8) is 0 Å². The number of halogens is 4. The molecule has 0 radical (unpaired) electrons. The van der Waals surface area contributed by atoms with Gasteiger partial charge < -0.3 is 5.32 Å². The van der Waals surface area contributed by atoms with Gasteiger partial charge in [0.15, 0.2) is 5.82 Å². The van der Waals surface area contributed by atoms with Crippen molar-refractivity contribution >= 4 is 16.7 Å². The van der Waals surface area contributed by atoms with Crippen LogP contribution in [-0.2, 0) is 6.18 Å². The summed E-state index contributed by atoms with van der Waals surface area (Å²) in [5, 5.41) is 3.65. The third kappa shape index (κ3) is 3.56. The molecule has 2 aromatic carbocycles. The molecule has 0 atom stereocenters. The van der Waals surface area contributed by atoms with Crippen molar-refractivity contribution in [3.05, 3.63) is 71.8 Å². The summed E-state index contributed by atoms with van der Waals surface area (Å²) in [6.45, 7) is 1.77. The summed E-state index contributed by atoms with van der Waals surface area (Å²) in [5.74, 6) is -0.295. The quantitative estimate of drug-likeness (QED) is 0.428. The van der Waals surface area contributed by atoms with Gasteiger partial charge in [0.2, 0.25) is 0 Å². The highest BCUT2D eigenvalue weighted by Crippen LogP contribution is 2.37. The van der Waals surface area contributed by atoms with Crippen molar-refractivity contribution in [2.75, 3.05) is 12.4 Å². The molecule has 0 aliphatic heterocycles. The molecule has 0 aliphatic carbocycles. The van der Waals surface area contributed by atoms with Crippen LogP contribution in [0, 0.1) is 12.7 Å². The van der Waals surface area contributed by atoms with Crippen LogP contribution < -0.4 is 5.32 Å². The third-order valence-electron chi connectivity index (χ3n) is 4.78. The second kappa shape index (κ2) is 7.37. The Kier molecular flexibility index (Phi) is 4.85. The molecule has 0 bridgehead atoms. The van der Waals surface area contributed by atoms with E-state index in [0.717, 1.165) is 17.7 Å². The van der Waals surface area contributed by atoms with E-state index < -0.39 is 17.6 Å². The molecule has 0 saturated heterocycles. The first kappa shape index (κ1) is 19.8. The Balaban J connectivity index is 1.91. The van der Waals surface area contributed by atoms with E-state index in [1.165, 1.54) is 6.07 Å². The smallest absolute Gasteiger partial charge is 0.373 e. The van der Waals surface area contributed by atoms with Gasteiger partial charge in [-0.2, -0.15) is 13.2 Å². The van der Waals surface area contributed by atoms with E-state index in [2.05, 4.69) is 20.3 Å². The van der Waals surface area contributed by atoms with Crippen LogP contribution in [0.2, 0.25) is 0 Å². The summed E-state index contributed by atoms with van der Waals surface area (Å²) in [6.07, 6.45) is -1.47. The van der Waals surface area contributed by atoms with Crippen molar-refractivity contribution in [1.82, 2.24) is 15.0 Å². The molecule has 0 unspecified atom stereocenters. The Labute approximate surface area is 169 Å². The zero-order valence-corrected chi connectivity index (χ0v) is 16.0. The van der Waals surface area contributed by atoms with Crippen molar-refractivity contribution in [3.8, 4) is 22.5 Å². The number of alkyl halides is 3. The Morgan fingerprint density at radius 3 is 2.43 bits per heavy atom. The van der Waals surface area contributed by atoms with Gasteiger partial charge in [-0.05, 0) is 60.0 Å². The van der Waals surface area contributed by atoms with Crippen LogP contribution in [0.4, 0.5) is 23.4 Å². The fourth-order valence-electron chi connectivity index (χ4n) is 3.32. The molecule has 0 spiro atoms. The van der Waals surface area contributed by atoms with Gasteiger partial charge in [-0.15, -0.1) is 0 Å². The average molecular weight is 412 g/mol. The molecule has 0 saturated carbocycles. The highest BCUT2D eigenvalue weighted by molar-refractivity contribution is 5.95. The first-order chi connectivity index (χ1) is 14.3. The van der Waals surface area contributed by atoms with E-state index in [9.17, 15) is 17.6 Å². The number of pyridine rings is 1. The lowest BCUT2D eigenvalue weighted by Gasteiger charge is -2.14. The number of rotatable bonds is 3. The van der Waals surface area contributed by atoms with Crippen LogP contribution in [0.1, 0.15) is 11.1 Å². The van der Waals surface area contributed by atoms with Gasteiger partial charge in [0, 0.05) is 30.4 Å². The molecule has 0 amide bonds. The van der Waals surface area contributed by atoms with E-state index >= 15 is 0 Å². The van der Waals surface area contributed by atoms with Gasteiger partial charge >= 0.3 is 6.18 Å². The lowest BCUT2D eigenvalue weighted by Crippen LogP contribution is -2.08. The van der Waals surface area contributed by atoms with Crippen LogP contribution in [0.3, 0.4) is 0 Å². The summed E-state index contributed by atoms with van der Waals surface area (Å²) in [4.78, 5) is 13.2. The van der Waals surface area contributed by atoms with E-state index in [1.807, 2.05) is 6.07 Å². The van der Waals surface area contributed by atoms with Crippen molar-refractivity contribution in [2.24, 2.45) is 0 Å². The largest absolute Gasteiger partial charge is 0.419 e. The number of benzene rings is 2. The number of anilines is 1. The molecule has 152 valence electrons. The first-order valence-electron chi connectivity index (χ1n) is 9.05. The fourth-order valence-corrected chi connectivity index (χ4v) is 3.32. The highest BCUT2D eigenvalue weighted by Gasteiger charge is 2.34. The van der Waals surface area contributed by atoms with Gasteiger partial charge in [0.1, 0.15) is 11.6 Å². The second-order valence-electron chi connectivity index (χ2n) is 6.76. The molecule has 2 heterocycles. The van der Waals surface area contributed by atoms with Crippen LogP contribution in [0.15, 0.2) is 54.9 Å². The lowest BCUT2D eigenvalue weighted by atomic mass is 9.96. The molecule has 0 aliphatic rings. The zero-order chi connectivity index (χ0) is 21.5. The summed E-state index contributed by atoms with van der Waals surface area (Å²) in [5.41, 5.74) is 1.60. The highest BCUT2D eigenvalue weighted by atomic mass is 19.4. The maximum Gasteiger partial charge on any atom is 0.419 e. The maximum atomic E-state index is 13.7. The Morgan fingerprint density at radius 2 is 1.77 bits per heavy atom. The predicted molar refractivity (Wildman–Crippen MR) is 107 cm³/mol. The lowest BCUT2D eigenvalue weighted by molar-refractivity contribution is -0.139. The molecular weight excluding hydrogens is 396 g/mol. The van der Waals surface area contributed by atoms with Gasteiger partial charge in [0.05, 0.1) is 11.1 Å². The number of nitrogens with one attached hydrogen (secondary N) is 1. The van der Waals surface area contributed by atoms with Gasteiger partial charge in [0.25, 0.3) is 0 Å². The molecular formula is C22H16F4N4. The molecule has 0 fully saturated rings. The van der Waals surface area contributed by atoms with E-state index in [1.54, 1.807) is 44.6 Å². The number of aromatic nitrogens is 3. The van der Waals surface area contributed by atoms with Gasteiger partial charge in [-0.1, -0.05) is 6.07 Å². The summed E-state index contributed by atoms with van der Waals surface area (Å²) >= 11 is 0. The summed E-state index contributed by atoms with van der Waals surface area (Å²) in [7, 11) is 1.70. The minimum Gasteiger partial charge on any atom is -0.373 e. The third-order valence-corrected chi connectivity index (χ3v) is 4.78. The van der Waals surface area contributed by atoms with Crippen LogP contribution >= 0.6 is 0 Å². The molecule has 1 N–H and O–H groups in total. The number of nitrogens with zero attached hydrogens (tertiary/aromatic N) is 3. The van der Waals surface area contributed by atoms with Gasteiger partial charge in [-0.3, -0.25) is 4.98 Å². The molecule has 8 heteroatoms. The van der Waals surface area contributed by atoms with Crippen LogP contribution in [0.5, 0.6) is 0 Å². The second-order valence-corrected chi connectivity index (χ2v) is 6.76. The molecule has 4 nitrogen and oxygen atoms in total. The number of hydrogen-bond acceptors (Lipinski definition) is 4. The normalized spacial score (nSPS) is 11.7. The van der Waals surface area contributed by atoms with E-state index in [4.69, 9.17) is 0 Å². The average Bonchev–Trinajstić information content (AvgIpc) is 2.72. The van der Waals surface area contributed by atoms with Gasteiger partial charge in [-0.25, -0.2) is 14.4 Å². The van der Waals surface area contributed by atoms with Crippen molar-refractivity contribution < 1.29 is 17.6 Å². The first-order valence-corrected chi connectivity index (χ1v) is 9.05. The monoisotopic (exact) mass is 412 g/mol. The Morgan fingerprint density at radius 1 is 0.967 bits per heavy atom. The summed E-state index contributed by atoms with van der Waals surface area (Å²) < 4.78 is 53.1. The Hall–Kier alpha value is -3.55. The molecule has 2 aromatic heterocycles. The minimum atomic E-state index is -4.78. The van der Waals surface area contributed by atoms with E-state index in [0.29, 0.717) is 33.7 Å². The van der Waals surface area contributed by atoms with Crippen molar-refractivity contribution in [1.29, 1.82) is 0 Å². The SMILES string of the molecule is CNc1nc(-c2cccnc2)nc2cc(C)c(-c3ccc(F)c(C(F)(F)F)c3)cc12. The maximum absolute atomic E-state index is 13.7. The standard InChI is InChI=1S/C22H16F4N4/c1-12-8-19-16(21(27-2)30-20(29-19)14-4-3-7-28-11-14)10-15(12)13-5-6-18(23)17(9-13)22(24,25)26/h3-11H,1-2H3,(H,27,29,30). The molecule has 30 heavy (non-hydrogen) atoms. The Bertz CT molecular complexity index is 1240. The van der Waals surface area contributed by atoms with Crippen LogP contribution in [-0.4, -0.2) is 22.0 Å². The topological polar surface area (TPSA) is 50.7 Å². The number of aryl methyl sites for hydroxylation is 1.